The Bertz CT molecular complexity index is 1390. The van der Waals surface area contributed by atoms with Crippen molar-refractivity contribution in [2.45, 2.75) is 11.8 Å². The van der Waals surface area contributed by atoms with Crippen LogP contribution in [0.3, 0.4) is 0 Å². The van der Waals surface area contributed by atoms with E-state index in [-0.39, 0.29) is 16.1 Å². The van der Waals surface area contributed by atoms with Crippen LogP contribution in [-0.2, 0) is 9.84 Å². The van der Waals surface area contributed by atoms with Gasteiger partial charge in [-0.3, -0.25) is 4.79 Å². The van der Waals surface area contributed by atoms with E-state index in [0.717, 1.165) is 23.8 Å². The van der Waals surface area contributed by atoms with Crippen molar-refractivity contribution in [1.29, 1.82) is 0 Å². The standard InChI is InChI=1S/C25H22FNO6S/c1-15-5-7-16(8-6-15)24(28)23-14-27(19-11-17(26)9-10-22(19)34(23,29)30)18-12-20(31-2)25(33-4)21(13-18)32-3/h5-14H,1-4H3. The number of rotatable bonds is 6. The predicted molar refractivity (Wildman–Crippen MR) is 125 cm³/mol. The number of hydrogen-bond acceptors (Lipinski definition) is 7. The Morgan fingerprint density at radius 2 is 1.50 bits per heavy atom. The molecule has 3 aromatic carbocycles. The molecule has 0 fully saturated rings. The molecule has 1 aliphatic heterocycles. The molecule has 0 aromatic heterocycles. The van der Waals surface area contributed by atoms with Gasteiger partial charge in [0.15, 0.2) is 11.5 Å². The van der Waals surface area contributed by atoms with Crippen LogP contribution >= 0.6 is 0 Å². The van der Waals surface area contributed by atoms with E-state index >= 15 is 0 Å². The average molecular weight is 484 g/mol. The Labute approximate surface area is 196 Å². The van der Waals surface area contributed by atoms with Crippen molar-refractivity contribution < 1.29 is 31.8 Å². The van der Waals surface area contributed by atoms with Crippen LogP contribution in [0.15, 0.2) is 70.6 Å². The molecule has 1 aliphatic rings. The first-order valence-corrected chi connectivity index (χ1v) is 11.7. The fourth-order valence-electron chi connectivity index (χ4n) is 3.73. The van der Waals surface area contributed by atoms with Crippen LogP contribution in [-0.4, -0.2) is 35.5 Å². The molecule has 0 bridgehead atoms. The van der Waals surface area contributed by atoms with E-state index < -0.39 is 26.3 Å². The number of carbonyl (C=O) groups excluding carboxylic acids is 1. The minimum Gasteiger partial charge on any atom is -0.493 e. The summed E-state index contributed by atoms with van der Waals surface area (Å²) in [6.45, 7) is 1.86. The van der Waals surface area contributed by atoms with Crippen molar-refractivity contribution in [2.75, 3.05) is 26.2 Å². The molecule has 34 heavy (non-hydrogen) atoms. The number of hydrogen-bond donors (Lipinski definition) is 0. The number of fused-ring (bicyclic) bond motifs is 1. The fraction of sp³-hybridized carbons (Fsp3) is 0.160. The van der Waals surface area contributed by atoms with Gasteiger partial charge in [0, 0.05) is 23.9 Å². The highest BCUT2D eigenvalue weighted by Gasteiger charge is 2.37. The van der Waals surface area contributed by atoms with Crippen LogP contribution in [0, 0.1) is 12.7 Å². The van der Waals surface area contributed by atoms with Crippen molar-refractivity contribution in [3.63, 3.8) is 0 Å². The molecule has 0 aliphatic carbocycles. The smallest absolute Gasteiger partial charge is 0.214 e. The number of aryl methyl sites for hydroxylation is 1. The molecule has 1 heterocycles. The maximum absolute atomic E-state index is 14.2. The summed E-state index contributed by atoms with van der Waals surface area (Å²) in [5, 5.41) is 0. The van der Waals surface area contributed by atoms with Crippen LogP contribution in [0.5, 0.6) is 17.2 Å². The van der Waals surface area contributed by atoms with Crippen molar-refractivity contribution >= 4 is 27.0 Å². The molecule has 0 spiro atoms. The summed E-state index contributed by atoms with van der Waals surface area (Å²) in [6.07, 6.45) is 1.19. The Balaban J connectivity index is 1.97. The molecule has 176 valence electrons. The van der Waals surface area contributed by atoms with Gasteiger partial charge >= 0.3 is 0 Å². The number of ether oxygens (including phenoxy) is 3. The molecule has 0 amide bonds. The summed E-state index contributed by atoms with van der Waals surface area (Å²) in [6, 6.07) is 13.0. The Kier molecular flexibility index (Phi) is 6.05. The second kappa shape index (κ2) is 8.83. The van der Waals surface area contributed by atoms with E-state index in [0.29, 0.717) is 22.9 Å². The maximum Gasteiger partial charge on any atom is 0.214 e. The van der Waals surface area contributed by atoms with Gasteiger partial charge in [-0.2, -0.15) is 0 Å². The monoisotopic (exact) mass is 483 g/mol. The molecular formula is C25H22FNO6S. The first kappa shape index (κ1) is 23.3. The number of carbonyl (C=O) groups is 1. The lowest BCUT2D eigenvalue weighted by molar-refractivity contribution is 0.104. The Morgan fingerprint density at radius 3 is 2.06 bits per heavy atom. The van der Waals surface area contributed by atoms with Crippen molar-refractivity contribution in [1.82, 2.24) is 0 Å². The zero-order valence-electron chi connectivity index (χ0n) is 19.0. The Morgan fingerprint density at radius 1 is 0.882 bits per heavy atom. The van der Waals surface area contributed by atoms with Crippen LogP contribution in [0.25, 0.3) is 0 Å². The minimum absolute atomic E-state index is 0.0507. The van der Waals surface area contributed by atoms with Crippen LogP contribution < -0.4 is 19.1 Å². The van der Waals surface area contributed by atoms with Gasteiger partial charge in [0.25, 0.3) is 0 Å². The molecule has 4 rings (SSSR count). The summed E-state index contributed by atoms with van der Waals surface area (Å²) in [7, 11) is 0.113. The zero-order chi connectivity index (χ0) is 24.6. The van der Waals surface area contributed by atoms with Gasteiger partial charge in [-0.05, 0) is 25.1 Å². The molecule has 0 atom stereocenters. The van der Waals surface area contributed by atoms with Gasteiger partial charge in [-0.15, -0.1) is 0 Å². The predicted octanol–water partition coefficient (Wildman–Crippen LogP) is 4.81. The maximum atomic E-state index is 14.2. The number of halogens is 1. The number of benzene rings is 3. The van der Waals surface area contributed by atoms with Gasteiger partial charge in [-0.25, -0.2) is 12.8 Å². The van der Waals surface area contributed by atoms with E-state index in [1.807, 2.05) is 6.92 Å². The third kappa shape index (κ3) is 3.88. The van der Waals surface area contributed by atoms with Crippen molar-refractivity contribution in [3.8, 4) is 17.2 Å². The lowest BCUT2D eigenvalue weighted by Gasteiger charge is -2.29. The lowest BCUT2D eigenvalue weighted by Crippen LogP contribution is -2.26. The summed E-state index contributed by atoms with van der Waals surface area (Å²) in [4.78, 5) is 14.1. The lowest BCUT2D eigenvalue weighted by atomic mass is 10.1. The number of nitrogens with zero attached hydrogens (tertiary/aromatic N) is 1. The number of allylic oxidation sites excluding steroid dienone is 1. The first-order chi connectivity index (χ1) is 16.2. The largest absolute Gasteiger partial charge is 0.493 e. The fourth-order valence-corrected chi connectivity index (χ4v) is 5.25. The third-order valence-electron chi connectivity index (χ3n) is 5.47. The van der Waals surface area contributed by atoms with Crippen molar-refractivity contribution in [2.24, 2.45) is 0 Å². The third-order valence-corrected chi connectivity index (χ3v) is 7.27. The van der Waals surface area contributed by atoms with Crippen LogP contribution in [0.4, 0.5) is 15.8 Å². The highest BCUT2D eigenvalue weighted by atomic mass is 32.2. The quantitative estimate of drug-likeness (QED) is 0.368. The van der Waals surface area contributed by atoms with E-state index in [2.05, 4.69) is 0 Å². The molecule has 3 aromatic rings. The molecule has 9 heteroatoms. The van der Waals surface area contributed by atoms with E-state index in [1.165, 1.54) is 32.4 Å². The van der Waals surface area contributed by atoms with Crippen LogP contribution in [0.1, 0.15) is 15.9 Å². The van der Waals surface area contributed by atoms with E-state index in [1.54, 1.807) is 36.4 Å². The zero-order valence-corrected chi connectivity index (χ0v) is 19.8. The number of methoxy groups -OCH3 is 3. The highest BCUT2D eigenvalue weighted by molar-refractivity contribution is 7.96. The molecule has 7 nitrogen and oxygen atoms in total. The molecule has 0 N–H and O–H groups in total. The summed E-state index contributed by atoms with van der Waals surface area (Å²) in [5.41, 5.74) is 1.58. The Hall–Kier alpha value is -3.85. The number of ketones is 1. The molecule has 0 unspecified atom stereocenters. The first-order valence-electron chi connectivity index (χ1n) is 10.2. The van der Waals surface area contributed by atoms with Gasteiger partial charge < -0.3 is 19.1 Å². The molecular weight excluding hydrogens is 461 g/mol. The van der Waals surface area contributed by atoms with Crippen LogP contribution in [0.2, 0.25) is 0 Å². The minimum atomic E-state index is -4.23. The van der Waals surface area contributed by atoms with Gasteiger partial charge in [-0.1, -0.05) is 29.8 Å². The van der Waals surface area contributed by atoms with E-state index in [4.69, 9.17) is 14.2 Å². The molecule has 0 saturated carbocycles. The summed E-state index contributed by atoms with van der Waals surface area (Å²) >= 11 is 0. The normalized spacial score (nSPS) is 14.1. The highest BCUT2D eigenvalue weighted by Crippen LogP contribution is 2.46. The number of sulfone groups is 1. The second-order valence-electron chi connectivity index (χ2n) is 7.56. The van der Waals surface area contributed by atoms with Gasteiger partial charge in [0.1, 0.15) is 10.7 Å². The van der Waals surface area contributed by atoms with Crippen molar-refractivity contribution in [3.05, 3.63) is 82.6 Å². The molecule has 0 saturated heterocycles. The number of Topliss-reactive ketones (excluding diaryl/α,β-unsaturated/α-hetero) is 1. The topological polar surface area (TPSA) is 82.1 Å². The summed E-state index contributed by atoms with van der Waals surface area (Å²) < 4.78 is 57.2. The number of anilines is 2. The van der Waals surface area contributed by atoms with Gasteiger partial charge in [0.05, 0.1) is 37.6 Å². The average Bonchev–Trinajstić information content (AvgIpc) is 2.83. The van der Waals surface area contributed by atoms with Gasteiger partial charge in [0.2, 0.25) is 21.4 Å². The van der Waals surface area contributed by atoms with E-state index in [9.17, 15) is 17.6 Å². The second-order valence-corrected chi connectivity index (χ2v) is 9.44. The summed E-state index contributed by atoms with van der Waals surface area (Å²) in [5.74, 6) is -0.357. The SMILES string of the molecule is COc1cc(N2C=C(C(=O)c3ccc(C)cc3)S(=O)(=O)c3ccc(F)cc32)cc(OC)c1OC. The molecule has 0 radical (unpaired) electrons.